The van der Waals surface area contributed by atoms with Crippen molar-refractivity contribution in [3.63, 3.8) is 0 Å². The van der Waals surface area contributed by atoms with Crippen LogP contribution in [0.25, 0.3) is 0 Å². The van der Waals surface area contributed by atoms with Gasteiger partial charge in [-0.05, 0) is 44.4 Å². The zero-order chi connectivity index (χ0) is 20.8. The van der Waals surface area contributed by atoms with Gasteiger partial charge in [-0.25, -0.2) is 4.79 Å². The molecule has 0 spiro atoms. The van der Waals surface area contributed by atoms with E-state index in [1.807, 2.05) is 13.8 Å². The molecule has 1 aromatic rings. The van der Waals surface area contributed by atoms with Gasteiger partial charge in [0.1, 0.15) is 17.4 Å². The molecule has 2 N–H and O–H groups in total. The number of hydrogen-bond acceptors (Lipinski definition) is 5. The zero-order valence-electron chi connectivity index (χ0n) is 17.3. The summed E-state index contributed by atoms with van der Waals surface area (Å²) in [4.78, 5) is 26.3. The molecule has 0 saturated heterocycles. The minimum absolute atomic E-state index is 0.0885. The molecule has 7 nitrogen and oxygen atoms in total. The number of benzene rings is 1. The molecule has 1 rings (SSSR count). The van der Waals surface area contributed by atoms with Crippen LogP contribution in [0.3, 0.4) is 0 Å². The fraction of sp³-hybridized carbons (Fsp3) is 0.600. The minimum Gasteiger partial charge on any atom is -0.497 e. The maximum absolute atomic E-state index is 12.8. The molecule has 0 aliphatic heterocycles. The number of aliphatic hydroxyl groups is 1. The summed E-state index contributed by atoms with van der Waals surface area (Å²) in [7, 11) is 3.15. The molecule has 2 atom stereocenters. The van der Waals surface area contributed by atoms with Gasteiger partial charge in [0.15, 0.2) is 0 Å². The number of amides is 2. The van der Waals surface area contributed by atoms with Crippen LogP contribution < -0.4 is 10.1 Å². The van der Waals surface area contributed by atoms with E-state index in [1.165, 1.54) is 4.90 Å². The molecule has 0 aromatic heterocycles. The average molecular weight is 380 g/mol. The third-order valence-electron chi connectivity index (χ3n) is 3.91. The van der Waals surface area contributed by atoms with E-state index >= 15 is 0 Å². The SMILES string of the molecule is COc1cccc(C(O)CN(C)C(=O)C(NC(=O)OC(C)(C)C)C(C)C)c1. The van der Waals surface area contributed by atoms with E-state index in [1.54, 1.807) is 59.2 Å². The van der Waals surface area contributed by atoms with Gasteiger partial charge in [0.25, 0.3) is 0 Å². The van der Waals surface area contributed by atoms with Gasteiger partial charge in [0, 0.05) is 7.05 Å². The van der Waals surface area contributed by atoms with Crippen LogP contribution >= 0.6 is 0 Å². The number of methoxy groups -OCH3 is 1. The number of alkyl carbamates (subject to hydrolysis) is 1. The summed E-state index contributed by atoms with van der Waals surface area (Å²) in [5.74, 6) is 0.200. The van der Waals surface area contributed by atoms with Gasteiger partial charge in [0.2, 0.25) is 5.91 Å². The molecule has 1 aromatic carbocycles. The van der Waals surface area contributed by atoms with Crippen molar-refractivity contribution in [1.29, 1.82) is 0 Å². The highest BCUT2D eigenvalue weighted by Crippen LogP contribution is 2.20. The summed E-state index contributed by atoms with van der Waals surface area (Å²) in [5.41, 5.74) is -0.00135. The molecule has 27 heavy (non-hydrogen) atoms. The molecule has 0 bridgehead atoms. The molecular weight excluding hydrogens is 348 g/mol. The number of hydrogen-bond donors (Lipinski definition) is 2. The Morgan fingerprint density at radius 1 is 1.26 bits per heavy atom. The first-order valence-electron chi connectivity index (χ1n) is 9.01. The predicted molar refractivity (Wildman–Crippen MR) is 104 cm³/mol. The smallest absolute Gasteiger partial charge is 0.408 e. The summed E-state index contributed by atoms with van der Waals surface area (Å²) >= 11 is 0. The molecule has 0 aliphatic carbocycles. The van der Waals surface area contributed by atoms with Crippen LogP contribution in [0.2, 0.25) is 0 Å². The van der Waals surface area contributed by atoms with Gasteiger partial charge < -0.3 is 24.8 Å². The van der Waals surface area contributed by atoms with Crippen LogP contribution in [0, 0.1) is 5.92 Å². The van der Waals surface area contributed by atoms with Crippen LogP contribution in [0.5, 0.6) is 5.75 Å². The molecule has 2 unspecified atom stereocenters. The first kappa shape index (κ1) is 22.8. The Bertz CT molecular complexity index is 640. The predicted octanol–water partition coefficient (Wildman–Crippen LogP) is 2.74. The first-order valence-corrected chi connectivity index (χ1v) is 9.01. The maximum Gasteiger partial charge on any atom is 0.408 e. The molecule has 0 aliphatic rings. The van der Waals surface area contributed by atoms with Gasteiger partial charge >= 0.3 is 6.09 Å². The number of nitrogens with zero attached hydrogens (tertiary/aromatic N) is 1. The Balaban J connectivity index is 2.78. The van der Waals surface area contributed by atoms with Gasteiger partial charge in [-0.15, -0.1) is 0 Å². The Labute approximate surface area is 161 Å². The molecule has 0 heterocycles. The quantitative estimate of drug-likeness (QED) is 0.759. The number of ether oxygens (including phenoxy) is 2. The number of rotatable bonds is 7. The fourth-order valence-electron chi connectivity index (χ4n) is 2.49. The summed E-state index contributed by atoms with van der Waals surface area (Å²) < 4.78 is 10.4. The van der Waals surface area contributed by atoms with Crippen molar-refractivity contribution in [2.45, 2.75) is 52.4 Å². The number of carbonyl (C=O) groups is 2. The van der Waals surface area contributed by atoms with E-state index in [2.05, 4.69) is 5.32 Å². The third kappa shape index (κ3) is 7.46. The summed E-state index contributed by atoms with van der Waals surface area (Å²) in [5, 5.41) is 13.1. The van der Waals surface area contributed by atoms with E-state index in [0.717, 1.165) is 0 Å². The zero-order valence-corrected chi connectivity index (χ0v) is 17.3. The molecule has 152 valence electrons. The van der Waals surface area contributed by atoms with Crippen LogP contribution in [0.1, 0.15) is 46.3 Å². The monoisotopic (exact) mass is 380 g/mol. The van der Waals surface area contributed by atoms with Crippen molar-refractivity contribution in [3.05, 3.63) is 29.8 Å². The van der Waals surface area contributed by atoms with Crippen molar-refractivity contribution in [2.75, 3.05) is 20.7 Å². The fourth-order valence-corrected chi connectivity index (χ4v) is 2.49. The van der Waals surface area contributed by atoms with E-state index in [-0.39, 0.29) is 18.4 Å². The van der Waals surface area contributed by atoms with Gasteiger partial charge in [-0.3, -0.25) is 4.79 Å². The minimum atomic E-state index is -0.872. The lowest BCUT2D eigenvalue weighted by Gasteiger charge is -2.29. The lowest BCUT2D eigenvalue weighted by atomic mass is 10.0. The summed E-state index contributed by atoms with van der Waals surface area (Å²) in [6.07, 6.45) is -1.51. The van der Waals surface area contributed by atoms with Crippen molar-refractivity contribution < 1.29 is 24.2 Å². The number of carbonyl (C=O) groups excluding carboxylic acids is 2. The Kier molecular flexibility index (Phi) is 8.09. The molecule has 0 radical (unpaired) electrons. The second kappa shape index (κ2) is 9.60. The Hall–Kier alpha value is -2.28. The lowest BCUT2D eigenvalue weighted by molar-refractivity contribution is -0.134. The highest BCUT2D eigenvalue weighted by atomic mass is 16.6. The first-order chi connectivity index (χ1) is 12.4. The van der Waals surface area contributed by atoms with Crippen molar-refractivity contribution in [3.8, 4) is 5.75 Å². The largest absolute Gasteiger partial charge is 0.497 e. The average Bonchev–Trinajstić information content (AvgIpc) is 2.57. The number of nitrogens with one attached hydrogen (secondary N) is 1. The summed E-state index contributed by atoms with van der Waals surface area (Å²) in [6, 6.07) is 6.30. The van der Waals surface area contributed by atoms with Crippen LogP contribution in [-0.4, -0.2) is 54.4 Å². The standard InChI is InChI=1S/C20H32N2O5/c1-13(2)17(21-19(25)27-20(3,4)5)18(24)22(6)12-16(23)14-9-8-10-15(11-14)26-7/h8-11,13,16-17,23H,12H2,1-7H3,(H,21,25). The molecular formula is C20H32N2O5. The van der Waals surface area contributed by atoms with Crippen molar-refractivity contribution >= 4 is 12.0 Å². The third-order valence-corrected chi connectivity index (χ3v) is 3.91. The topological polar surface area (TPSA) is 88.1 Å². The van der Waals surface area contributed by atoms with Crippen molar-refractivity contribution in [2.24, 2.45) is 5.92 Å². The second-order valence-electron chi connectivity index (χ2n) is 7.88. The Morgan fingerprint density at radius 2 is 1.89 bits per heavy atom. The van der Waals surface area contributed by atoms with Crippen LogP contribution in [0.15, 0.2) is 24.3 Å². The highest BCUT2D eigenvalue weighted by Gasteiger charge is 2.30. The highest BCUT2D eigenvalue weighted by molar-refractivity contribution is 5.85. The lowest BCUT2D eigenvalue weighted by Crippen LogP contribution is -2.51. The van der Waals surface area contributed by atoms with E-state index in [4.69, 9.17) is 9.47 Å². The Morgan fingerprint density at radius 3 is 2.41 bits per heavy atom. The second-order valence-corrected chi connectivity index (χ2v) is 7.88. The molecule has 0 fully saturated rings. The van der Waals surface area contributed by atoms with Crippen LogP contribution in [-0.2, 0) is 9.53 Å². The van der Waals surface area contributed by atoms with Crippen molar-refractivity contribution in [1.82, 2.24) is 10.2 Å². The number of aliphatic hydroxyl groups excluding tert-OH is 1. The van der Waals surface area contributed by atoms with E-state index in [9.17, 15) is 14.7 Å². The molecule has 2 amide bonds. The van der Waals surface area contributed by atoms with Gasteiger partial charge in [-0.2, -0.15) is 0 Å². The van der Waals surface area contributed by atoms with Crippen LogP contribution in [0.4, 0.5) is 4.79 Å². The van der Waals surface area contributed by atoms with E-state index < -0.39 is 23.8 Å². The normalized spacial score (nSPS) is 13.7. The maximum atomic E-state index is 12.8. The summed E-state index contributed by atoms with van der Waals surface area (Å²) in [6.45, 7) is 9.05. The molecule has 7 heteroatoms. The number of likely N-dealkylation sites (N-methyl/N-ethyl adjacent to an activating group) is 1. The van der Waals surface area contributed by atoms with Gasteiger partial charge in [-0.1, -0.05) is 26.0 Å². The van der Waals surface area contributed by atoms with E-state index in [0.29, 0.717) is 11.3 Å². The molecule has 0 saturated carbocycles. The van der Waals surface area contributed by atoms with Gasteiger partial charge in [0.05, 0.1) is 19.8 Å².